The first-order chi connectivity index (χ1) is 12.6. The number of halogens is 3. The molecule has 0 amide bonds. The molecule has 1 aliphatic heterocycles. The molecule has 0 fully saturated rings. The van der Waals surface area contributed by atoms with Crippen molar-refractivity contribution in [2.45, 2.75) is 19.5 Å². The van der Waals surface area contributed by atoms with E-state index in [1.165, 1.54) is 0 Å². The molecule has 0 N–H and O–H groups in total. The lowest BCUT2D eigenvalue weighted by atomic mass is 10.1. The van der Waals surface area contributed by atoms with E-state index in [9.17, 15) is 13.2 Å². The molecule has 0 bridgehead atoms. The van der Waals surface area contributed by atoms with Gasteiger partial charge in [0.05, 0.1) is 5.69 Å². The second-order valence-corrected chi connectivity index (χ2v) is 6.24. The molecule has 4 nitrogen and oxygen atoms in total. The van der Waals surface area contributed by atoms with Gasteiger partial charge in [0.2, 0.25) is 0 Å². The Morgan fingerprint density at radius 2 is 1.77 bits per heavy atom. The molecule has 0 unspecified atom stereocenters. The van der Waals surface area contributed by atoms with E-state index < -0.39 is 17.5 Å². The van der Waals surface area contributed by atoms with Crippen LogP contribution in [0.4, 0.5) is 13.2 Å². The first kappa shape index (κ1) is 16.7. The minimum Gasteiger partial charge on any atom is -0.294 e. The van der Waals surface area contributed by atoms with Gasteiger partial charge in [0.15, 0.2) is 23.3 Å². The lowest BCUT2D eigenvalue weighted by Crippen LogP contribution is -2.31. The van der Waals surface area contributed by atoms with Crippen LogP contribution in [0.3, 0.4) is 0 Å². The summed E-state index contributed by atoms with van der Waals surface area (Å²) < 4.78 is 39.8. The van der Waals surface area contributed by atoms with Crippen LogP contribution in [0.25, 0.3) is 11.4 Å². The summed E-state index contributed by atoms with van der Waals surface area (Å²) in [6.07, 6.45) is 5.89. The van der Waals surface area contributed by atoms with E-state index in [1.54, 1.807) is 18.6 Å². The third-order valence-electron chi connectivity index (χ3n) is 4.40. The van der Waals surface area contributed by atoms with Crippen LogP contribution in [0.5, 0.6) is 0 Å². The van der Waals surface area contributed by atoms with Gasteiger partial charge in [-0.1, -0.05) is 0 Å². The maximum Gasteiger partial charge on any atom is 0.194 e. The molecule has 0 atom stereocenters. The molecule has 132 valence electrons. The third kappa shape index (κ3) is 3.30. The summed E-state index contributed by atoms with van der Waals surface area (Å²) in [6, 6.07) is 5.79. The van der Waals surface area contributed by atoms with Crippen molar-refractivity contribution in [2.75, 3.05) is 6.54 Å². The molecule has 3 aromatic rings. The molecule has 0 saturated carbocycles. The van der Waals surface area contributed by atoms with Crippen LogP contribution in [0.2, 0.25) is 0 Å². The summed E-state index contributed by atoms with van der Waals surface area (Å²) in [6.45, 7) is 1.60. The first-order valence-electron chi connectivity index (χ1n) is 8.21. The molecular weight excluding hydrogens is 341 g/mol. The fourth-order valence-corrected chi connectivity index (χ4v) is 3.11. The van der Waals surface area contributed by atoms with Crippen molar-refractivity contribution in [3.63, 3.8) is 0 Å². The zero-order valence-electron chi connectivity index (χ0n) is 13.8. The normalized spacial score (nSPS) is 14.3. The summed E-state index contributed by atoms with van der Waals surface area (Å²) in [5.74, 6) is -3.11. The van der Waals surface area contributed by atoms with Crippen molar-refractivity contribution >= 4 is 0 Å². The summed E-state index contributed by atoms with van der Waals surface area (Å²) in [7, 11) is 0. The Labute approximate surface area is 148 Å². The van der Waals surface area contributed by atoms with Gasteiger partial charge < -0.3 is 0 Å². The van der Waals surface area contributed by atoms with E-state index in [-0.39, 0.29) is 0 Å². The van der Waals surface area contributed by atoms with Crippen LogP contribution < -0.4 is 0 Å². The van der Waals surface area contributed by atoms with Crippen LogP contribution in [0.1, 0.15) is 16.8 Å². The smallest absolute Gasteiger partial charge is 0.194 e. The zero-order chi connectivity index (χ0) is 18.1. The Balaban J connectivity index is 1.52. The quantitative estimate of drug-likeness (QED) is 0.674. The number of fused-ring (bicyclic) bond motifs is 1. The van der Waals surface area contributed by atoms with Gasteiger partial charge in [-0.3, -0.25) is 9.88 Å². The van der Waals surface area contributed by atoms with Gasteiger partial charge in [-0.15, -0.1) is 0 Å². The highest BCUT2D eigenvalue weighted by Crippen LogP contribution is 2.22. The molecule has 7 heteroatoms. The Hall–Kier alpha value is -2.80. The van der Waals surface area contributed by atoms with Crippen molar-refractivity contribution < 1.29 is 13.2 Å². The van der Waals surface area contributed by atoms with Crippen LogP contribution >= 0.6 is 0 Å². The van der Waals surface area contributed by atoms with Gasteiger partial charge in [-0.2, -0.15) is 0 Å². The highest BCUT2D eigenvalue weighted by Gasteiger charge is 2.20. The van der Waals surface area contributed by atoms with Crippen molar-refractivity contribution in [1.82, 2.24) is 19.9 Å². The first-order valence-corrected chi connectivity index (χ1v) is 8.21. The Morgan fingerprint density at radius 3 is 2.50 bits per heavy atom. The molecule has 1 aliphatic rings. The maximum absolute atomic E-state index is 13.4. The predicted octanol–water partition coefficient (Wildman–Crippen LogP) is 3.51. The molecule has 3 heterocycles. The number of aromatic nitrogens is 3. The fraction of sp³-hybridized carbons (Fsp3) is 0.211. The average molecular weight is 356 g/mol. The SMILES string of the molecule is Fc1cc(CN2CCc3nc(-c4ccncc4)ncc3C2)cc(F)c1F. The molecule has 0 aliphatic carbocycles. The van der Waals surface area contributed by atoms with E-state index in [0.29, 0.717) is 37.4 Å². The topological polar surface area (TPSA) is 41.9 Å². The molecule has 1 aromatic carbocycles. The van der Waals surface area contributed by atoms with Crippen LogP contribution in [-0.4, -0.2) is 26.4 Å². The number of hydrogen-bond acceptors (Lipinski definition) is 4. The van der Waals surface area contributed by atoms with Crippen LogP contribution in [0, 0.1) is 17.5 Å². The number of pyridine rings is 1. The molecular formula is C19H15F3N4. The van der Waals surface area contributed by atoms with Gasteiger partial charge in [-0.05, 0) is 29.8 Å². The summed E-state index contributed by atoms with van der Waals surface area (Å²) in [4.78, 5) is 15.1. The van der Waals surface area contributed by atoms with Gasteiger partial charge in [0.1, 0.15) is 0 Å². The summed E-state index contributed by atoms with van der Waals surface area (Å²) in [5.41, 5.74) is 3.26. The van der Waals surface area contributed by atoms with Crippen LogP contribution in [0.15, 0.2) is 42.9 Å². The second kappa shape index (κ2) is 6.84. The van der Waals surface area contributed by atoms with E-state index in [0.717, 1.165) is 29.0 Å². The lowest BCUT2D eigenvalue weighted by Gasteiger charge is -2.28. The molecule has 0 saturated heterocycles. The molecule has 26 heavy (non-hydrogen) atoms. The highest BCUT2D eigenvalue weighted by atomic mass is 19.2. The maximum atomic E-state index is 13.4. The monoisotopic (exact) mass is 356 g/mol. The van der Waals surface area contributed by atoms with E-state index in [1.807, 2.05) is 17.0 Å². The van der Waals surface area contributed by atoms with Gasteiger partial charge in [-0.25, -0.2) is 23.1 Å². The van der Waals surface area contributed by atoms with Gasteiger partial charge in [0.25, 0.3) is 0 Å². The van der Waals surface area contributed by atoms with Gasteiger partial charge >= 0.3 is 0 Å². The average Bonchev–Trinajstić information content (AvgIpc) is 2.66. The standard InChI is InChI=1S/C19H15F3N4/c20-15-7-12(8-16(21)18(15)22)10-26-6-3-17-14(11-26)9-24-19(25-17)13-1-4-23-5-2-13/h1-2,4-5,7-9H,3,6,10-11H2. The second-order valence-electron chi connectivity index (χ2n) is 6.24. The fourth-order valence-electron chi connectivity index (χ4n) is 3.11. The zero-order valence-corrected chi connectivity index (χ0v) is 13.8. The Morgan fingerprint density at radius 1 is 1.04 bits per heavy atom. The van der Waals surface area contributed by atoms with E-state index in [2.05, 4.69) is 15.0 Å². The highest BCUT2D eigenvalue weighted by molar-refractivity contribution is 5.54. The number of hydrogen-bond donors (Lipinski definition) is 0. The van der Waals surface area contributed by atoms with Crippen molar-refractivity contribution in [1.29, 1.82) is 0 Å². The van der Waals surface area contributed by atoms with E-state index >= 15 is 0 Å². The van der Waals surface area contributed by atoms with Crippen molar-refractivity contribution in [2.24, 2.45) is 0 Å². The molecule has 4 rings (SSSR count). The molecule has 0 radical (unpaired) electrons. The van der Waals surface area contributed by atoms with Crippen molar-refractivity contribution in [3.05, 3.63) is 77.1 Å². The van der Waals surface area contributed by atoms with Crippen molar-refractivity contribution in [3.8, 4) is 11.4 Å². The van der Waals surface area contributed by atoms with Crippen LogP contribution in [-0.2, 0) is 19.5 Å². The minimum atomic E-state index is -1.44. The third-order valence-corrected chi connectivity index (χ3v) is 4.40. The number of nitrogens with zero attached hydrogens (tertiary/aromatic N) is 4. The predicted molar refractivity (Wildman–Crippen MR) is 89.4 cm³/mol. The minimum absolute atomic E-state index is 0.333. The van der Waals surface area contributed by atoms with Gasteiger partial charge in [0, 0.05) is 55.8 Å². The number of benzene rings is 1. The Bertz CT molecular complexity index is 924. The number of rotatable bonds is 3. The largest absolute Gasteiger partial charge is 0.294 e. The molecule has 0 spiro atoms. The van der Waals surface area contributed by atoms with E-state index in [4.69, 9.17) is 0 Å². The summed E-state index contributed by atoms with van der Waals surface area (Å²) >= 11 is 0. The lowest BCUT2D eigenvalue weighted by molar-refractivity contribution is 0.242. The Kier molecular flexibility index (Phi) is 4.38. The summed E-state index contributed by atoms with van der Waals surface area (Å²) in [5, 5.41) is 0. The molecule has 2 aromatic heterocycles.